The normalized spacial score (nSPS) is 12.3. The number of anilines is 1. The van der Waals surface area contributed by atoms with Crippen molar-refractivity contribution in [3.05, 3.63) is 66.0 Å². The summed E-state index contributed by atoms with van der Waals surface area (Å²) in [6, 6.07) is 13.8. The second-order valence-corrected chi connectivity index (χ2v) is 9.79. The van der Waals surface area contributed by atoms with Crippen LogP contribution in [0.5, 0.6) is 0 Å². The summed E-state index contributed by atoms with van der Waals surface area (Å²) < 4.78 is 39.8. The monoisotopic (exact) mass is 463 g/mol. The van der Waals surface area contributed by atoms with Crippen LogP contribution >= 0.6 is 0 Å². The van der Waals surface area contributed by atoms with Crippen LogP contribution in [-0.4, -0.2) is 56.6 Å². The molecule has 0 aliphatic carbocycles. The molecule has 174 valence electrons. The van der Waals surface area contributed by atoms with Gasteiger partial charge in [-0.1, -0.05) is 42.5 Å². The Hall–Kier alpha value is -2.94. The van der Waals surface area contributed by atoms with Gasteiger partial charge in [0, 0.05) is 12.6 Å². The van der Waals surface area contributed by atoms with E-state index in [0.29, 0.717) is 6.42 Å². The lowest BCUT2D eigenvalue weighted by molar-refractivity contribution is -0.139. The van der Waals surface area contributed by atoms with Gasteiger partial charge >= 0.3 is 0 Å². The van der Waals surface area contributed by atoms with Crippen molar-refractivity contribution < 1.29 is 22.4 Å². The number of carbonyl (C=O) groups excluding carboxylic acids is 2. The van der Waals surface area contributed by atoms with E-state index in [9.17, 15) is 22.4 Å². The summed E-state index contributed by atoms with van der Waals surface area (Å²) in [7, 11) is -3.96. The number of benzene rings is 2. The smallest absolute Gasteiger partial charge is 0.244 e. The Balaban J connectivity index is 2.32. The van der Waals surface area contributed by atoms with Gasteiger partial charge in [-0.05, 0) is 44.9 Å². The molecule has 0 spiro atoms. The zero-order valence-corrected chi connectivity index (χ0v) is 19.6. The number of carbonyl (C=O) groups is 2. The molecule has 0 aliphatic rings. The number of amides is 2. The second-order valence-electron chi connectivity index (χ2n) is 7.88. The minimum atomic E-state index is -3.96. The molecule has 0 aromatic heterocycles. The fourth-order valence-corrected chi connectivity index (χ4v) is 4.07. The van der Waals surface area contributed by atoms with Crippen molar-refractivity contribution in [1.82, 2.24) is 10.2 Å². The van der Waals surface area contributed by atoms with Crippen LogP contribution in [0.3, 0.4) is 0 Å². The van der Waals surface area contributed by atoms with Crippen LogP contribution in [0, 0.1) is 5.82 Å². The van der Waals surface area contributed by atoms with E-state index >= 15 is 0 Å². The third-order valence-electron chi connectivity index (χ3n) is 4.88. The van der Waals surface area contributed by atoms with Crippen LogP contribution in [0.25, 0.3) is 0 Å². The maximum atomic E-state index is 14.3. The number of nitrogens with one attached hydrogen (secondary N) is 1. The summed E-state index contributed by atoms with van der Waals surface area (Å²) in [4.78, 5) is 27.2. The molecule has 0 unspecified atom stereocenters. The molecule has 0 fully saturated rings. The van der Waals surface area contributed by atoms with Crippen LogP contribution in [0.2, 0.25) is 0 Å². The van der Waals surface area contributed by atoms with E-state index in [4.69, 9.17) is 0 Å². The third kappa shape index (κ3) is 7.05. The fourth-order valence-electron chi connectivity index (χ4n) is 3.22. The molecule has 0 radical (unpaired) electrons. The van der Waals surface area contributed by atoms with Gasteiger partial charge in [-0.15, -0.1) is 0 Å². The molecule has 1 atom stereocenters. The van der Waals surface area contributed by atoms with E-state index in [0.717, 1.165) is 22.2 Å². The van der Waals surface area contributed by atoms with E-state index in [1.165, 1.54) is 23.1 Å². The molecule has 0 bridgehead atoms. The maximum absolute atomic E-state index is 14.3. The molecule has 2 aromatic rings. The highest BCUT2D eigenvalue weighted by Crippen LogP contribution is 2.22. The molecule has 32 heavy (non-hydrogen) atoms. The van der Waals surface area contributed by atoms with Gasteiger partial charge in [-0.2, -0.15) is 0 Å². The Labute approximate surface area is 189 Å². The van der Waals surface area contributed by atoms with Crippen LogP contribution < -0.4 is 9.62 Å². The van der Waals surface area contributed by atoms with Gasteiger partial charge in [-0.3, -0.25) is 13.9 Å². The van der Waals surface area contributed by atoms with Crippen molar-refractivity contribution in [2.75, 3.05) is 23.7 Å². The van der Waals surface area contributed by atoms with E-state index in [1.54, 1.807) is 6.92 Å². The van der Waals surface area contributed by atoms with Gasteiger partial charge in [0.25, 0.3) is 0 Å². The fraction of sp³-hybridized carbons (Fsp3) is 0.391. The molecule has 2 rings (SSSR count). The Morgan fingerprint density at radius 3 is 2.16 bits per heavy atom. The molecule has 0 aliphatic heterocycles. The summed E-state index contributed by atoms with van der Waals surface area (Å²) in [6.07, 6.45) is 1.39. The van der Waals surface area contributed by atoms with Crippen molar-refractivity contribution in [3.63, 3.8) is 0 Å². The van der Waals surface area contributed by atoms with Crippen LogP contribution in [-0.2, 0) is 26.0 Å². The number of rotatable bonds is 10. The average Bonchev–Trinajstić information content (AvgIpc) is 2.72. The minimum absolute atomic E-state index is 0.123. The van der Waals surface area contributed by atoms with Gasteiger partial charge in [0.2, 0.25) is 21.8 Å². The van der Waals surface area contributed by atoms with Crippen molar-refractivity contribution in [1.29, 1.82) is 0 Å². The van der Waals surface area contributed by atoms with Gasteiger partial charge in [-0.25, -0.2) is 12.8 Å². The predicted molar refractivity (Wildman–Crippen MR) is 123 cm³/mol. The molecule has 9 heteroatoms. The Morgan fingerprint density at radius 1 is 1.00 bits per heavy atom. The molecular weight excluding hydrogens is 433 g/mol. The number of para-hydroxylation sites is 1. The first kappa shape index (κ1) is 25.3. The van der Waals surface area contributed by atoms with Crippen LogP contribution in [0.4, 0.5) is 10.1 Å². The van der Waals surface area contributed by atoms with E-state index in [2.05, 4.69) is 5.32 Å². The maximum Gasteiger partial charge on any atom is 0.244 e. The van der Waals surface area contributed by atoms with E-state index < -0.39 is 34.3 Å². The average molecular weight is 464 g/mol. The Kier molecular flexibility index (Phi) is 8.77. The Morgan fingerprint density at radius 2 is 1.59 bits per heavy atom. The molecule has 0 heterocycles. The first-order valence-electron chi connectivity index (χ1n) is 10.4. The number of halogens is 1. The zero-order valence-electron chi connectivity index (χ0n) is 18.8. The summed E-state index contributed by atoms with van der Waals surface area (Å²) in [6.45, 7) is 4.79. The minimum Gasteiger partial charge on any atom is -0.352 e. The van der Waals surface area contributed by atoms with Crippen LogP contribution in [0.1, 0.15) is 26.3 Å². The molecule has 2 aromatic carbocycles. The SMILES string of the molecule is CC(C)NC(=O)[C@@H](C)N(CCc1ccccc1)C(=O)CN(c1ccccc1F)S(C)(=O)=O. The van der Waals surface area contributed by atoms with Gasteiger partial charge in [0.05, 0.1) is 11.9 Å². The van der Waals surface area contributed by atoms with Crippen molar-refractivity contribution in [3.8, 4) is 0 Å². The van der Waals surface area contributed by atoms with Crippen molar-refractivity contribution in [2.45, 2.75) is 39.3 Å². The largest absolute Gasteiger partial charge is 0.352 e. The van der Waals surface area contributed by atoms with Gasteiger partial charge in [0.1, 0.15) is 18.4 Å². The third-order valence-corrected chi connectivity index (χ3v) is 6.01. The second kappa shape index (κ2) is 11.1. The van der Waals surface area contributed by atoms with Gasteiger partial charge in [0.15, 0.2) is 0 Å². The molecule has 7 nitrogen and oxygen atoms in total. The number of sulfonamides is 1. The Bertz CT molecular complexity index is 1030. The topological polar surface area (TPSA) is 86.8 Å². The number of hydrogen-bond acceptors (Lipinski definition) is 4. The molecule has 0 saturated carbocycles. The summed E-state index contributed by atoms with van der Waals surface area (Å²) in [5.74, 6) is -1.70. The molecular formula is C23H30FN3O4S. The zero-order chi connectivity index (χ0) is 23.9. The standard InChI is InChI=1S/C23H30FN3O4S/c1-17(2)25-23(29)18(3)26(15-14-19-10-6-5-7-11-19)22(28)16-27(32(4,30)31)21-13-9-8-12-20(21)24/h5-13,17-18H,14-16H2,1-4H3,(H,25,29)/t18-/m1/s1. The van der Waals surface area contributed by atoms with Crippen LogP contribution in [0.15, 0.2) is 54.6 Å². The quantitative estimate of drug-likeness (QED) is 0.587. The highest BCUT2D eigenvalue weighted by molar-refractivity contribution is 7.92. The van der Waals surface area contributed by atoms with Crippen molar-refractivity contribution in [2.24, 2.45) is 0 Å². The highest BCUT2D eigenvalue weighted by Gasteiger charge is 2.30. The summed E-state index contributed by atoms with van der Waals surface area (Å²) in [5, 5.41) is 2.78. The first-order chi connectivity index (χ1) is 15.0. The van der Waals surface area contributed by atoms with Gasteiger partial charge < -0.3 is 10.2 Å². The summed E-state index contributed by atoms with van der Waals surface area (Å²) in [5.41, 5.74) is 0.751. The molecule has 2 amide bonds. The lowest BCUT2D eigenvalue weighted by atomic mass is 10.1. The van der Waals surface area contributed by atoms with Crippen molar-refractivity contribution >= 4 is 27.5 Å². The lowest BCUT2D eigenvalue weighted by Crippen LogP contribution is -2.53. The number of hydrogen-bond donors (Lipinski definition) is 1. The lowest BCUT2D eigenvalue weighted by Gasteiger charge is -2.32. The first-order valence-corrected chi connectivity index (χ1v) is 12.2. The molecule has 1 N–H and O–H groups in total. The molecule has 0 saturated heterocycles. The number of nitrogens with zero attached hydrogens (tertiary/aromatic N) is 2. The predicted octanol–water partition coefficient (Wildman–Crippen LogP) is 2.58. The summed E-state index contributed by atoms with van der Waals surface area (Å²) >= 11 is 0. The highest BCUT2D eigenvalue weighted by atomic mass is 32.2. The van der Waals surface area contributed by atoms with E-state index in [-0.39, 0.29) is 24.2 Å². The van der Waals surface area contributed by atoms with E-state index in [1.807, 2.05) is 44.2 Å².